The van der Waals surface area contributed by atoms with E-state index >= 15 is 0 Å². The molecule has 0 fully saturated rings. The summed E-state index contributed by atoms with van der Waals surface area (Å²) >= 11 is 0. The molecule has 0 bridgehead atoms. The largest absolute Gasteiger partial charge is 0.398 e. The maximum Gasteiger partial charge on any atom is 0.0399 e. The summed E-state index contributed by atoms with van der Waals surface area (Å²) in [4.78, 5) is 0. The Morgan fingerprint density at radius 3 is 1.43 bits per heavy atom. The van der Waals surface area contributed by atoms with Crippen molar-refractivity contribution in [1.29, 1.82) is 0 Å². The zero-order chi connectivity index (χ0) is 10.9. The molecule has 0 aliphatic heterocycles. The maximum absolute atomic E-state index is 6.06. The van der Waals surface area contributed by atoms with Gasteiger partial charge in [-0.2, -0.15) is 0 Å². The summed E-state index contributed by atoms with van der Waals surface area (Å²) < 4.78 is 0. The molecule has 0 amide bonds. The van der Waals surface area contributed by atoms with Gasteiger partial charge in [-0.05, 0) is 48.9 Å². The van der Waals surface area contributed by atoms with Crippen LogP contribution >= 0.6 is 0 Å². The summed E-state index contributed by atoms with van der Waals surface area (Å²) in [6.07, 6.45) is 1.90. The van der Waals surface area contributed by atoms with Gasteiger partial charge in [0, 0.05) is 11.4 Å². The van der Waals surface area contributed by atoms with Gasteiger partial charge in [-0.3, -0.25) is 0 Å². The minimum absolute atomic E-state index is 0.882. The number of rotatable bonds is 2. The molecule has 2 heteroatoms. The Morgan fingerprint density at radius 1 is 0.786 bits per heavy atom. The van der Waals surface area contributed by atoms with Gasteiger partial charge in [-0.15, -0.1) is 0 Å². The van der Waals surface area contributed by atoms with Crippen LogP contribution in [-0.4, -0.2) is 0 Å². The lowest BCUT2D eigenvalue weighted by molar-refractivity contribution is 1.06. The number of anilines is 2. The van der Waals surface area contributed by atoms with Crippen LogP contribution in [0.4, 0.5) is 11.4 Å². The summed E-state index contributed by atoms with van der Waals surface area (Å²) in [7, 11) is 0. The maximum atomic E-state index is 6.06. The topological polar surface area (TPSA) is 52.0 Å². The molecule has 0 aliphatic rings. The van der Waals surface area contributed by atoms with Crippen LogP contribution in [0.2, 0.25) is 0 Å². The molecule has 0 spiro atoms. The summed E-state index contributed by atoms with van der Waals surface area (Å²) in [6, 6.07) is 0. The molecule has 4 N–H and O–H groups in total. The van der Waals surface area contributed by atoms with E-state index < -0.39 is 0 Å². The van der Waals surface area contributed by atoms with Crippen molar-refractivity contribution < 1.29 is 0 Å². The van der Waals surface area contributed by atoms with Gasteiger partial charge in [0.2, 0.25) is 0 Å². The number of hydrogen-bond acceptors (Lipinski definition) is 2. The van der Waals surface area contributed by atoms with E-state index in [2.05, 4.69) is 27.7 Å². The van der Waals surface area contributed by atoms with Crippen LogP contribution in [-0.2, 0) is 12.8 Å². The molecule has 0 saturated heterocycles. The molecule has 2 nitrogen and oxygen atoms in total. The third-order valence-corrected chi connectivity index (χ3v) is 3.07. The second-order valence-electron chi connectivity index (χ2n) is 3.74. The van der Waals surface area contributed by atoms with Gasteiger partial charge >= 0.3 is 0 Å². The molecule has 0 aromatic heterocycles. The van der Waals surface area contributed by atoms with E-state index in [0.717, 1.165) is 29.8 Å². The van der Waals surface area contributed by atoms with Crippen molar-refractivity contribution >= 4 is 11.4 Å². The summed E-state index contributed by atoms with van der Waals surface area (Å²) in [5.74, 6) is 0. The Morgan fingerprint density at radius 2 is 1.14 bits per heavy atom. The summed E-state index contributed by atoms with van der Waals surface area (Å²) in [5.41, 5.74) is 18.7. The third-order valence-electron chi connectivity index (χ3n) is 3.07. The average molecular weight is 192 g/mol. The van der Waals surface area contributed by atoms with Crippen molar-refractivity contribution in [3.63, 3.8) is 0 Å². The second-order valence-corrected chi connectivity index (χ2v) is 3.74. The molecule has 1 aromatic carbocycles. The van der Waals surface area contributed by atoms with Crippen LogP contribution in [0.5, 0.6) is 0 Å². The number of nitrogens with two attached hydrogens (primary N) is 2. The van der Waals surface area contributed by atoms with E-state index in [9.17, 15) is 0 Å². The minimum Gasteiger partial charge on any atom is -0.398 e. The molecule has 1 rings (SSSR count). The predicted octanol–water partition coefficient (Wildman–Crippen LogP) is 2.59. The molecule has 78 valence electrons. The van der Waals surface area contributed by atoms with Crippen molar-refractivity contribution in [2.45, 2.75) is 40.5 Å². The van der Waals surface area contributed by atoms with Crippen LogP contribution in [0.15, 0.2) is 0 Å². The SMILES string of the molecule is CCc1c(C)c(N)c(CC)c(N)c1C. The van der Waals surface area contributed by atoms with Crippen molar-refractivity contribution in [1.82, 2.24) is 0 Å². The highest BCUT2D eigenvalue weighted by Crippen LogP contribution is 2.31. The molecule has 14 heavy (non-hydrogen) atoms. The first-order valence-corrected chi connectivity index (χ1v) is 5.20. The molecular weight excluding hydrogens is 172 g/mol. The highest BCUT2D eigenvalue weighted by atomic mass is 14.6. The molecular formula is C12H20N2. The van der Waals surface area contributed by atoms with Gasteiger partial charge in [0.1, 0.15) is 0 Å². The van der Waals surface area contributed by atoms with Crippen molar-refractivity contribution in [2.24, 2.45) is 0 Å². The van der Waals surface area contributed by atoms with Crippen LogP contribution in [0, 0.1) is 13.8 Å². The van der Waals surface area contributed by atoms with Crippen LogP contribution < -0.4 is 11.5 Å². The minimum atomic E-state index is 0.882. The highest BCUT2D eigenvalue weighted by Gasteiger charge is 2.13. The number of nitrogen functional groups attached to an aromatic ring is 2. The van der Waals surface area contributed by atoms with E-state index in [1.807, 2.05) is 0 Å². The lowest BCUT2D eigenvalue weighted by atomic mass is 9.92. The first-order chi connectivity index (χ1) is 6.54. The smallest absolute Gasteiger partial charge is 0.0399 e. The molecule has 0 radical (unpaired) electrons. The normalized spacial score (nSPS) is 10.6. The van der Waals surface area contributed by atoms with Crippen molar-refractivity contribution in [3.05, 3.63) is 22.3 Å². The first kappa shape index (κ1) is 10.9. The van der Waals surface area contributed by atoms with Gasteiger partial charge in [0.05, 0.1) is 0 Å². The Bertz CT molecular complexity index is 290. The second kappa shape index (κ2) is 3.91. The Kier molecular flexibility index (Phi) is 3.04. The van der Waals surface area contributed by atoms with E-state index in [1.54, 1.807) is 0 Å². The Hall–Kier alpha value is -1.18. The molecule has 0 unspecified atom stereocenters. The van der Waals surface area contributed by atoms with Gasteiger partial charge in [-0.1, -0.05) is 13.8 Å². The van der Waals surface area contributed by atoms with Gasteiger partial charge in [0.25, 0.3) is 0 Å². The molecule has 0 aliphatic carbocycles. The molecule has 0 atom stereocenters. The predicted molar refractivity (Wildman–Crippen MR) is 63.5 cm³/mol. The summed E-state index contributed by atoms with van der Waals surface area (Å²) in [5, 5.41) is 0. The molecule has 1 aromatic rings. The van der Waals surface area contributed by atoms with Crippen LogP contribution in [0.3, 0.4) is 0 Å². The number of hydrogen-bond donors (Lipinski definition) is 2. The highest BCUT2D eigenvalue weighted by molar-refractivity contribution is 5.71. The standard InChI is InChI=1S/C12H20N2/c1-5-9-7(3)11(13)10(6-2)12(14)8(9)4/h5-6,13-14H2,1-4H3. The fourth-order valence-corrected chi connectivity index (χ4v) is 2.12. The van der Waals surface area contributed by atoms with E-state index in [0.29, 0.717) is 0 Å². The fourth-order valence-electron chi connectivity index (χ4n) is 2.12. The van der Waals surface area contributed by atoms with Gasteiger partial charge in [0.15, 0.2) is 0 Å². The van der Waals surface area contributed by atoms with E-state index in [1.165, 1.54) is 16.7 Å². The molecule has 0 heterocycles. The lowest BCUT2D eigenvalue weighted by Crippen LogP contribution is -2.07. The van der Waals surface area contributed by atoms with Gasteiger partial charge in [-0.25, -0.2) is 0 Å². The zero-order valence-electron chi connectivity index (χ0n) is 9.57. The monoisotopic (exact) mass is 192 g/mol. The summed E-state index contributed by atoms with van der Waals surface area (Å²) in [6.45, 7) is 8.39. The van der Waals surface area contributed by atoms with E-state index in [4.69, 9.17) is 11.5 Å². The zero-order valence-corrected chi connectivity index (χ0v) is 9.57. The van der Waals surface area contributed by atoms with Crippen LogP contribution in [0.25, 0.3) is 0 Å². The first-order valence-electron chi connectivity index (χ1n) is 5.20. The Labute approximate surface area is 86.3 Å². The fraction of sp³-hybridized carbons (Fsp3) is 0.500. The quantitative estimate of drug-likeness (QED) is 0.708. The Balaban J connectivity index is 3.55. The van der Waals surface area contributed by atoms with Crippen molar-refractivity contribution in [2.75, 3.05) is 11.5 Å². The number of benzene rings is 1. The molecule has 0 saturated carbocycles. The van der Waals surface area contributed by atoms with Crippen molar-refractivity contribution in [3.8, 4) is 0 Å². The lowest BCUT2D eigenvalue weighted by Gasteiger charge is -2.18. The average Bonchev–Trinajstić information content (AvgIpc) is 2.17. The van der Waals surface area contributed by atoms with E-state index in [-0.39, 0.29) is 0 Å². The van der Waals surface area contributed by atoms with Crippen LogP contribution in [0.1, 0.15) is 36.1 Å². The third kappa shape index (κ3) is 1.45. The van der Waals surface area contributed by atoms with Gasteiger partial charge < -0.3 is 11.5 Å².